The lowest BCUT2D eigenvalue weighted by molar-refractivity contribution is -0.150. The summed E-state index contributed by atoms with van der Waals surface area (Å²) in [6.07, 6.45) is -0.0540. The van der Waals surface area contributed by atoms with Crippen LogP contribution in [0.5, 0.6) is 0 Å². The van der Waals surface area contributed by atoms with Crippen molar-refractivity contribution in [2.24, 2.45) is 0 Å². The van der Waals surface area contributed by atoms with Crippen molar-refractivity contribution in [1.29, 1.82) is 0 Å². The molecule has 1 unspecified atom stereocenters. The van der Waals surface area contributed by atoms with Crippen molar-refractivity contribution in [3.05, 3.63) is 12.2 Å². The largest absolute Gasteiger partial charge is 0.450 e. The summed E-state index contributed by atoms with van der Waals surface area (Å²) in [6.45, 7) is 5.03. The third-order valence-corrected chi connectivity index (χ3v) is 2.75. The smallest absolute Gasteiger partial charge is 0.333 e. The van der Waals surface area contributed by atoms with Gasteiger partial charge in [-0.05, 0) is 6.92 Å². The van der Waals surface area contributed by atoms with Gasteiger partial charge in [0.1, 0.15) is 0 Å². The van der Waals surface area contributed by atoms with Crippen molar-refractivity contribution in [1.82, 2.24) is 0 Å². The quantitative estimate of drug-likeness (QED) is 0.496. The molecule has 0 radical (unpaired) electrons. The summed E-state index contributed by atoms with van der Waals surface area (Å²) < 4.78 is 4.96. The molecule has 0 amide bonds. The van der Waals surface area contributed by atoms with Crippen LogP contribution in [-0.2, 0) is 14.3 Å². The number of esters is 1. The van der Waals surface area contributed by atoms with E-state index < -0.39 is 12.1 Å². The molecule has 13 heavy (non-hydrogen) atoms. The molecule has 0 N–H and O–H groups in total. The van der Waals surface area contributed by atoms with Crippen LogP contribution in [0.1, 0.15) is 13.3 Å². The number of hydrogen-bond donors (Lipinski definition) is 0. The van der Waals surface area contributed by atoms with E-state index in [0.717, 1.165) is 5.75 Å². The van der Waals surface area contributed by atoms with E-state index in [-0.39, 0.29) is 5.78 Å². The van der Waals surface area contributed by atoms with E-state index >= 15 is 0 Å². The maximum Gasteiger partial charge on any atom is 0.333 e. The summed E-state index contributed by atoms with van der Waals surface area (Å²) in [4.78, 5) is 22.3. The van der Waals surface area contributed by atoms with E-state index in [1.54, 1.807) is 18.7 Å². The Morgan fingerprint density at radius 2 is 2.38 bits per heavy atom. The molecule has 1 heterocycles. The molecule has 0 aromatic heterocycles. The SMILES string of the molecule is C=C(C)C(=O)OC1CSCCC1=O. The van der Waals surface area contributed by atoms with Gasteiger partial charge in [0.25, 0.3) is 0 Å². The second-order valence-electron chi connectivity index (χ2n) is 2.97. The van der Waals surface area contributed by atoms with Crippen LogP contribution in [0, 0.1) is 0 Å². The van der Waals surface area contributed by atoms with Gasteiger partial charge in [0.05, 0.1) is 0 Å². The Morgan fingerprint density at radius 3 is 2.92 bits per heavy atom. The molecule has 4 heteroatoms. The number of carbonyl (C=O) groups is 2. The van der Waals surface area contributed by atoms with Gasteiger partial charge in [-0.15, -0.1) is 0 Å². The Balaban J connectivity index is 2.47. The van der Waals surface area contributed by atoms with Gasteiger partial charge in [0, 0.05) is 23.5 Å². The third kappa shape index (κ3) is 2.88. The second-order valence-corrected chi connectivity index (χ2v) is 4.12. The average molecular weight is 200 g/mol. The fraction of sp³-hybridized carbons (Fsp3) is 0.556. The first kappa shape index (κ1) is 10.3. The van der Waals surface area contributed by atoms with Crippen LogP contribution in [0.2, 0.25) is 0 Å². The summed E-state index contributed by atoms with van der Waals surface area (Å²) in [7, 11) is 0. The molecule has 1 fully saturated rings. The zero-order valence-corrected chi connectivity index (χ0v) is 8.36. The molecule has 1 rings (SSSR count). The predicted octanol–water partition coefficient (Wildman–Crippen LogP) is 1.18. The first-order valence-corrected chi connectivity index (χ1v) is 5.23. The standard InChI is InChI=1S/C9H12O3S/c1-6(2)9(11)12-8-5-13-4-3-7(8)10/h8H,1,3-5H2,2H3. The van der Waals surface area contributed by atoms with Crippen LogP contribution in [-0.4, -0.2) is 29.4 Å². The fourth-order valence-electron chi connectivity index (χ4n) is 0.947. The Bertz CT molecular complexity index is 247. The molecule has 1 atom stereocenters. The van der Waals surface area contributed by atoms with Gasteiger partial charge >= 0.3 is 5.97 Å². The van der Waals surface area contributed by atoms with E-state index in [9.17, 15) is 9.59 Å². The molecule has 0 aliphatic carbocycles. The molecule has 1 aliphatic rings. The van der Waals surface area contributed by atoms with Gasteiger partial charge in [0.15, 0.2) is 11.9 Å². The van der Waals surface area contributed by atoms with Gasteiger partial charge in [0.2, 0.25) is 0 Å². The maximum absolute atomic E-state index is 11.2. The van der Waals surface area contributed by atoms with Gasteiger partial charge < -0.3 is 4.74 Å². The number of hydrogen-bond acceptors (Lipinski definition) is 4. The molecule has 0 bridgehead atoms. The first-order chi connectivity index (χ1) is 6.11. The predicted molar refractivity (Wildman–Crippen MR) is 51.6 cm³/mol. The van der Waals surface area contributed by atoms with Crippen LogP contribution >= 0.6 is 11.8 Å². The van der Waals surface area contributed by atoms with Crippen LogP contribution in [0.4, 0.5) is 0 Å². The number of ether oxygens (including phenoxy) is 1. The molecule has 0 aromatic carbocycles. The highest BCUT2D eigenvalue weighted by Gasteiger charge is 2.26. The monoisotopic (exact) mass is 200 g/mol. The lowest BCUT2D eigenvalue weighted by Crippen LogP contribution is -2.33. The molecular weight excluding hydrogens is 188 g/mol. The summed E-state index contributed by atoms with van der Waals surface area (Å²) >= 11 is 1.63. The van der Waals surface area contributed by atoms with Crippen LogP contribution < -0.4 is 0 Å². The van der Waals surface area contributed by atoms with Crippen molar-refractivity contribution >= 4 is 23.5 Å². The first-order valence-electron chi connectivity index (χ1n) is 4.08. The van der Waals surface area contributed by atoms with E-state index in [0.29, 0.717) is 17.7 Å². The Kier molecular flexibility index (Phi) is 3.54. The van der Waals surface area contributed by atoms with E-state index in [1.807, 2.05) is 0 Å². The molecule has 1 aliphatic heterocycles. The zero-order chi connectivity index (χ0) is 9.84. The molecular formula is C9H12O3S. The average Bonchev–Trinajstić information content (AvgIpc) is 2.08. The normalized spacial score (nSPS) is 22.5. The minimum Gasteiger partial charge on any atom is -0.450 e. The van der Waals surface area contributed by atoms with Crippen molar-refractivity contribution in [3.8, 4) is 0 Å². The number of thioether (sulfide) groups is 1. The number of ketones is 1. The van der Waals surface area contributed by atoms with Gasteiger partial charge in [-0.1, -0.05) is 6.58 Å². The van der Waals surface area contributed by atoms with Crippen LogP contribution in [0.15, 0.2) is 12.2 Å². The topological polar surface area (TPSA) is 43.4 Å². The van der Waals surface area contributed by atoms with Crippen LogP contribution in [0.25, 0.3) is 0 Å². The number of carbonyl (C=O) groups excluding carboxylic acids is 2. The van der Waals surface area contributed by atoms with E-state index in [4.69, 9.17) is 4.74 Å². The van der Waals surface area contributed by atoms with Crippen molar-refractivity contribution in [2.75, 3.05) is 11.5 Å². The van der Waals surface area contributed by atoms with Gasteiger partial charge in [-0.3, -0.25) is 4.79 Å². The minimum atomic E-state index is -0.553. The van der Waals surface area contributed by atoms with E-state index in [2.05, 4.69) is 6.58 Å². The van der Waals surface area contributed by atoms with Gasteiger partial charge in [-0.2, -0.15) is 11.8 Å². The molecule has 3 nitrogen and oxygen atoms in total. The fourth-order valence-corrected chi connectivity index (χ4v) is 1.93. The van der Waals surface area contributed by atoms with E-state index in [1.165, 1.54) is 0 Å². The molecule has 1 saturated heterocycles. The number of rotatable bonds is 2. The summed E-state index contributed by atoms with van der Waals surface area (Å²) in [5.74, 6) is 0.965. The molecule has 0 saturated carbocycles. The Labute approximate surface area is 81.5 Å². The van der Waals surface area contributed by atoms with Crippen LogP contribution in [0.3, 0.4) is 0 Å². The maximum atomic E-state index is 11.2. The van der Waals surface area contributed by atoms with Crippen molar-refractivity contribution < 1.29 is 14.3 Å². The molecule has 0 spiro atoms. The summed E-state index contributed by atoms with van der Waals surface area (Å²) in [6, 6.07) is 0. The lowest BCUT2D eigenvalue weighted by Gasteiger charge is -2.20. The highest BCUT2D eigenvalue weighted by Crippen LogP contribution is 2.17. The third-order valence-electron chi connectivity index (χ3n) is 1.72. The minimum absolute atomic E-state index is 0.0216. The van der Waals surface area contributed by atoms with Crippen molar-refractivity contribution in [2.45, 2.75) is 19.4 Å². The highest BCUT2D eigenvalue weighted by atomic mass is 32.2. The second kappa shape index (κ2) is 4.46. The van der Waals surface area contributed by atoms with Crippen molar-refractivity contribution in [3.63, 3.8) is 0 Å². The van der Waals surface area contributed by atoms with Gasteiger partial charge in [-0.25, -0.2) is 4.79 Å². The summed E-state index contributed by atoms with van der Waals surface area (Å²) in [5, 5.41) is 0. The zero-order valence-electron chi connectivity index (χ0n) is 7.54. The highest BCUT2D eigenvalue weighted by molar-refractivity contribution is 7.99. The lowest BCUT2D eigenvalue weighted by atomic mass is 10.2. The molecule has 0 aromatic rings. The number of Topliss-reactive ketones (excluding diaryl/α,β-unsaturated/α-hetero) is 1. The Hall–Kier alpha value is -0.770. The Morgan fingerprint density at radius 1 is 1.69 bits per heavy atom. The summed E-state index contributed by atoms with van der Waals surface area (Å²) in [5.41, 5.74) is 0.336. The molecule has 72 valence electrons.